The van der Waals surface area contributed by atoms with Crippen LogP contribution in [0.15, 0.2) is 24.3 Å². The largest absolute Gasteiger partial charge is 0.311 e. The fourth-order valence-corrected chi connectivity index (χ4v) is 2.35. The second-order valence-electron chi connectivity index (χ2n) is 5.20. The van der Waals surface area contributed by atoms with Crippen molar-refractivity contribution in [2.75, 3.05) is 26.7 Å². The molecule has 1 aromatic carbocycles. The van der Waals surface area contributed by atoms with Gasteiger partial charge in [0.25, 0.3) is 5.92 Å². The highest BCUT2D eigenvalue weighted by atomic mass is 19.3. The number of halogens is 2. The van der Waals surface area contributed by atoms with E-state index in [1.165, 1.54) is 12.1 Å². The number of hydrogen-bond acceptors (Lipinski definition) is 2. The van der Waals surface area contributed by atoms with Gasteiger partial charge in [-0.25, -0.2) is 8.78 Å². The molecule has 1 aliphatic heterocycles. The molecule has 4 heteroatoms. The Kier molecular flexibility index (Phi) is 3.97. The number of benzene rings is 1. The van der Waals surface area contributed by atoms with Gasteiger partial charge in [-0.3, -0.25) is 0 Å². The van der Waals surface area contributed by atoms with Crippen LogP contribution < -0.4 is 5.32 Å². The van der Waals surface area contributed by atoms with E-state index in [0.29, 0.717) is 6.04 Å². The van der Waals surface area contributed by atoms with Gasteiger partial charge in [-0.2, -0.15) is 0 Å². The molecule has 0 spiro atoms. The number of nitrogens with one attached hydrogen (secondary N) is 1. The van der Waals surface area contributed by atoms with Gasteiger partial charge < -0.3 is 10.2 Å². The Labute approximate surface area is 107 Å². The predicted molar refractivity (Wildman–Crippen MR) is 69.0 cm³/mol. The van der Waals surface area contributed by atoms with Gasteiger partial charge in [-0.05, 0) is 19.0 Å². The third-order valence-corrected chi connectivity index (χ3v) is 3.40. The quantitative estimate of drug-likeness (QED) is 0.890. The Bertz CT molecular complexity index is 384. The lowest BCUT2D eigenvalue weighted by Crippen LogP contribution is -2.49. The van der Waals surface area contributed by atoms with Gasteiger partial charge in [0, 0.05) is 38.2 Å². The number of hydrogen-bond donors (Lipinski definition) is 1. The molecule has 1 aromatic rings. The van der Waals surface area contributed by atoms with E-state index >= 15 is 0 Å². The number of alkyl halides is 2. The van der Waals surface area contributed by atoms with Crippen LogP contribution in [0, 0.1) is 0 Å². The molecular weight excluding hydrogens is 234 g/mol. The SMILES string of the molecule is CN1CCNC(Cc2ccc(C(C)(F)F)cc2)C1. The van der Waals surface area contributed by atoms with Gasteiger partial charge in [0.2, 0.25) is 0 Å². The highest BCUT2D eigenvalue weighted by molar-refractivity contribution is 5.26. The molecular formula is C14H20F2N2. The van der Waals surface area contributed by atoms with E-state index in [-0.39, 0.29) is 5.56 Å². The minimum atomic E-state index is -2.75. The van der Waals surface area contributed by atoms with Crippen LogP contribution in [0.1, 0.15) is 18.1 Å². The van der Waals surface area contributed by atoms with Gasteiger partial charge in [0.15, 0.2) is 0 Å². The maximum atomic E-state index is 13.1. The topological polar surface area (TPSA) is 15.3 Å². The molecule has 0 saturated carbocycles. The first-order valence-electron chi connectivity index (χ1n) is 6.34. The minimum absolute atomic E-state index is 0.0833. The normalized spacial score (nSPS) is 22.1. The summed E-state index contributed by atoms with van der Waals surface area (Å²) in [7, 11) is 2.11. The van der Waals surface area contributed by atoms with Crippen LogP contribution in [-0.2, 0) is 12.3 Å². The van der Waals surface area contributed by atoms with E-state index in [1.807, 2.05) is 12.1 Å². The zero-order valence-corrected chi connectivity index (χ0v) is 10.9. The van der Waals surface area contributed by atoms with Crippen molar-refractivity contribution in [3.63, 3.8) is 0 Å². The number of likely N-dealkylation sites (N-methyl/N-ethyl adjacent to an activating group) is 1. The van der Waals surface area contributed by atoms with Crippen LogP contribution in [0.25, 0.3) is 0 Å². The lowest BCUT2D eigenvalue weighted by Gasteiger charge is -2.31. The smallest absolute Gasteiger partial charge is 0.270 e. The van der Waals surface area contributed by atoms with Gasteiger partial charge in [0.05, 0.1) is 0 Å². The number of rotatable bonds is 3. The molecule has 18 heavy (non-hydrogen) atoms. The Morgan fingerprint density at radius 1 is 1.33 bits per heavy atom. The first-order valence-corrected chi connectivity index (χ1v) is 6.34. The summed E-state index contributed by atoms with van der Waals surface area (Å²) in [6, 6.07) is 7.09. The van der Waals surface area contributed by atoms with Crippen LogP contribution in [0.2, 0.25) is 0 Å². The molecule has 100 valence electrons. The Morgan fingerprint density at radius 2 is 2.00 bits per heavy atom. The summed E-state index contributed by atoms with van der Waals surface area (Å²) in [5.41, 5.74) is 1.19. The third-order valence-electron chi connectivity index (χ3n) is 3.40. The molecule has 0 bridgehead atoms. The van der Waals surface area contributed by atoms with Crippen molar-refractivity contribution in [3.05, 3.63) is 35.4 Å². The first-order chi connectivity index (χ1) is 8.45. The van der Waals surface area contributed by atoms with E-state index in [4.69, 9.17) is 0 Å². The van der Waals surface area contributed by atoms with Gasteiger partial charge >= 0.3 is 0 Å². The number of piperazine rings is 1. The van der Waals surface area contributed by atoms with Gasteiger partial charge in [-0.1, -0.05) is 24.3 Å². The van der Waals surface area contributed by atoms with E-state index in [1.54, 1.807) is 0 Å². The summed E-state index contributed by atoms with van der Waals surface area (Å²) in [4.78, 5) is 2.29. The van der Waals surface area contributed by atoms with Crippen molar-refractivity contribution in [2.45, 2.75) is 25.3 Å². The monoisotopic (exact) mass is 254 g/mol. The van der Waals surface area contributed by atoms with E-state index < -0.39 is 5.92 Å². The standard InChI is InChI=1S/C14H20F2N2/c1-14(15,16)12-5-3-11(4-6-12)9-13-10-18(2)8-7-17-13/h3-6,13,17H,7-10H2,1-2H3. The summed E-state index contributed by atoms with van der Waals surface area (Å²) >= 11 is 0. The zero-order valence-electron chi connectivity index (χ0n) is 10.9. The summed E-state index contributed by atoms with van der Waals surface area (Å²) in [5, 5.41) is 3.45. The Morgan fingerprint density at radius 3 is 2.56 bits per heavy atom. The molecule has 1 atom stereocenters. The number of nitrogens with zero attached hydrogens (tertiary/aromatic N) is 1. The van der Waals surface area contributed by atoms with Crippen LogP contribution in [0.3, 0.4) is 0 Å². The fraction of sp³-hybridized carbons (Fsp3) is 0.571. The van der Waals surface area contributed by atoms with Crippen molar-refractivity contribution in [2.24, 2.45) is 0 Å². The molecule has 1 aliphatic rings. The highest BCUT2D eigenvalue weighted by Crippen LogP contribution is 2.26. The molecule has 0 aromatic heterocycles. The predicted octanol–water partition coefficient (Wildman–Crippen LogP) is 2.24. The fourth-order valence-electron chi connectivity index (χ4n) is 2.35. The lowest BCUT2D eigenvalue weighted by atomic mass is 10.0. The second-order valence-corrected chi connectivity index (χ2v) is 5.20. The second kappa shape index (κ2) is 5.33. The highest BCUT2D eigenvalue weighted by Gasteiger charge is 2.24. The lowest BCUT2D eigenvalue weighted by molar-refractivity contribution is 0.0174. The average Bonchev–Trinajstić information content (AvgIpc) is 2.28. The third kappa shape index (κ3) is 3.50. The molecule has 1 saturated heterocycles. The van der Waals surface area contributed by atoms with Gasteiger partial charge in [-0.15, -0.1) is 0 Å². The van der Waals surface area contributed by atoms with Crippen molar-refractivity contribution >= 4 is 0 Å². The average molecular weight is 254 g/mol. The molecule has 1 N–H and O–H groups in total. The molecule has 1 unspecified atom stereocenters. The Hall–Kier alpha value is -1.00. The maximum absolute atomic E-state index is 13.1. The van der Waals surface area contributed by atoms with Crippen LogP contribution in [0.5, 0.6) is 0 Å². The summed E-state index contributed by atoms with van der Waals surface area (Å²) < 4.78 is 26.2. The van der Waals surface area contributed by atoms with Crippen molar-refractivity contribution in [1.82, 2.24) is 10.2 Å². The van der Waals surface area contributed by atoms with Gasteiger partial charge in [0.1, 0.15) is 0 Å². The zero-order chi connectivity index (χ0) is 13.2. The molecule has 0 amide bonds. The van der Waals surface area contributed by atoms with Crippen LogP contribution >= 0.6 is 0 Å². The molecule has 0 aliphatic carbocycles. The van der Waals surface area contributed by atoms with E-state index in [9.17, 15) is 8.78 Å². The molecule has 2 nitrogen and oxygen atoms in total. The summed E-state index contributed by atoms with van der Waals surface area (Å²) in [5.74, 6) is -2.75. The molecule has 0 radical (unpaired) electrons. The Balaban J connectivity index is 1.98. The van der Waals surface area contributed by atoms with Crippen LogP contribution in [0.4, 0.5) is 8.78 Å². The maximum Gasteiger partial charge on any atom is 0.270 e. The summed E-state index contributed by atoms with van der Waals surface area (Å²) in [6.07, 6.45) is 0.889. The molecule has 1 fully saturated rings. The van der Waals surface area contributed by atoms with E-state index in [2.05, 4.69) is 17.3 Å². The van der Waals surface area contributed by atoms with Crippen LogP contribution in [-0.4, -0.2) is 37.6 Å². The van der Waals surface area contributed by atoms with E-state index in [0.717, 1.165) is 38.5 Å². The summed E-state index contributed by atoms with van der Waals surface area (Å²) in [6.45, 7) is 4.00. The van der Waals surface area contributed by atoms with Crippen molar-refractivity contribution in [1.29, 1.82) is 0 Å². The minimum Gasteiger partial charge on any atom is -0.311 e. The first kappa shape index (κ1) is 13.4. The van der Waals surface area contributed by atoms with Crippen molar-refractivity contribution < 1.29 is 8.78 Å². The molecule has 1 heterocycles. The molecule has 2 rings (SSSR count). The van der Waals surface area contributed by atoms with Crippen molar-refractivity contribution in [3.8, 4) is 0 Å².